The van der Waals surface area contributed by atoms with Gasteiger partial charge in [-0.1, -0.05) is 12.1 Å². The number of benzene rings is 1. The van der Waals surface area contributed by atoms with Crippen LogP contribution in [0.5, 0.6) is 5.75 Å². The number of hydrogen-bond acceptors (Lipinski definition) is 5. The zero-order chi connectivity index (χ0) is 15.3. The van der Waals surface area contributed by atoms with Crippen LogP contribution in [0.25, 0.3) is 0 Å². The summed E-state index contributed by atoms with van der Waals surface area (Å²) in [6, 6.07) is 7.18. The highest BCUT2D eigenvalue weighted by Gasteiger charge is 2.25. The minimum Gasteiger partial charge on any atom is -0.491 e. The molecular weight excluding hydrogens is 292 g/mol. The highest BCUT2D eigenvalue weighted by molar-refractivity contribution is 7.91. The molecule has 6 nitrogen and oxygen atoms in total. The summed E-state index contributed by atoms with van der Waals surface area (Å²) in [6.45, 7) is 0.205. The Morgan fingerprint density at radius 2 is 2.14 bits per heavy atom. The average Bonchev–Trinajstić information content (AvgIpc) is 2.39. The van der Waals surface area contributed by atoms with Crippen molar-refractivity contribution in [1.82, 2.24) is 0 Å². The van der Waals surface area contributed by atoms with Crippen LogP contribution >= 0.6 is 0 Å². The maximum absolute atomic E-state index is 11.7. The first-order valence-corrected chi connectivity index (χ1v) is 8.75. The Morgan fingerprint density at radius 3 is 2.86 bits per heavy atom. The van der Waals surface area contributed by atoms with Crippen LogP contribution < -0.4 is 15.8 Å². The molecule has 3 N–H and O–H groups in total. The molecular formula is C14H20N2O4S. The number of sulfone groups is 1. The molecule has 1 aromatic rings. The predicted molar refractivity (Wildman–Crippen MR) is 81.0 cm³/mol. The van der Waals surface area contributed by atoms with Crippen molar-refractivity contribution >= 4 is 21.4 Å². The Morgan fingerprint density at radius 1 is 1.38 bits per heavy atom. The van der Waals surface area contributed by atoms with Crippen molar-refractivity contribution in [1.29, 1.82) is 0 Å². The number of rotatable bonds is 6. The van der Waals surface area contributed by atoms with Crippen LogP contribution in [0.3, 0.4) is 0 Å². The molecule has 1 unspecified atom stereocenters. The monoisotopic (exact) mass is 312 g/mol. The lowest BCUT2D eigenvalue weighted by atomic mass is 10.1. The van der Waals surface area contributed by atoms with Gasteiger partial charge in [-0.15, -0.1) is 0 Å². The number of carbonyl (C=O) groups is 1. The number of anilines is 1. The lowest BCUT2D eigenvalue weighted by molar-refractivity contribution is -0.118. The number of primary amides is 1. The van der Waals surface area contributed by atoms with E-state index in [9.17, 15) is 13.2 Å². The number of para-hydroxylation sites is 2. The number of amides is 1. The smallest absolute Gasteiger partial charge is 0.220 e. The van der Waals surface area contributed by atoms with Gasteiger partial charge < -0.3 is 15.8 Å². The van der Waals surface area contributed by atoms with Crippen LogP contribution in [0.15, 0.2) is 24.3 Å². The van der Waals surface area contributed by atoms with E-state index in [2.05, 4.69) is 5.32 Å². The van der Waals surface area contributed by atoms with Crippen LogP contribution in [-0.2, 0) is 14.6 Å². The highest BCUT2D eigenvalue weighted by Crippen LogP contribution is 2.26. The zero-order valence-electron chi connectivity index (χ0n) is 11.7. The van der Waals surface area contributed by atoms with Crippen LogP contribution in [0, 0.1) is 0 Å². The van der Waals surface area contributed by atoms with E-state index >= 15 is 0 Å². The van der Waals surface area contributed by atoms with Crippen LogP contribution in [0.4, 0.5) is 5.69 Å². The summed E-state index contributed by atoms with van der Waals surface area (Å²) in [5, 5.41) is 3.22. The second-order valence-electron chi connectivity index (χ2n) is 5.16. The van der Waals surface area contributed by atoms with Gasteiger partial charge in [-0.25, -0.2) is 8.42 Å². The van der Waals surface area contributed by atoms with E-state index in [1.165, 1.54) is 0 Å². The van der Waals surface area contributed by atoms with E-state index in [1.807, 2.05) is 18.2 Å². The third-order valence-electron chi connectivity index (χ3n) is 3.32. The maximum atomic E-state index is 11.7. The van der Waals surface area contributed by atoms with E-state index in [-0.39, 0.29) is 30.6 Å². The molecule has 1 heterocycles. The summed E-state index contributed by atoms with van der Waals surface area (Å²) < 4.78 is 28.8. The summed E-state index contributed by atoms with van der Waals surface area (Å²) in [5.74, 6) is 0.588. The van der Waals surface area contributed by atoms with Crippen LogP contribution in [0.2, 0.25) is 0 Å². The average molecular weight is 312 g/mol. The first kappa shape index (κ1) is 15.6. The summed E-state index contributed by atoms with van der Waals surface area (Å²) in [7, 11) is -2.96. The molecule has 1 fully saturated rings. The second kappa shape index (κ2) is 6.80. The van der Waals surface area contributed by atoms with Gasteiger partial charge in [-0.05, 0) is 25.0 Å². The van der Waals surface area contributed by atoms with Gasteiger partial charge >= 0.3 is 0 Å². The SMILES string of the molecule is NC(=O)CCOc1ccccc1NC1CCCS(=O)(=O)C1. The molecule has 1 aliphatic rings. The quantitative estimate of drug-likeness (QED) is 0.814. The summed E-state index contributed by atoms with van der Waals surface area (Å²) in [6.07, 6.45) is 1.63. The van der Waals surface area contributed by atoms with Crippen molar-refractivity contribution < 1.29 is 17.9 Å². The van der Waals surface area contributed by atoms with Crippen molar-refractivity contribution in [2.45, 2.75) is 25.3 Å². The Labute approximate surface area is 124 Å². The Balaban J connectivity index is 2.00. The van der Waals surface area contributed by atoms with Gasteiger partial charge in [0.2, 0.25) is 5.91 Å². The molecule has 0 radical (unpaired) electrons. The fourth-order valence-electron chi connectivity index (χ4n) is 2.33. The van der Waals surface area contributed by atoms with Gasteiger partial charge in [-0.2, -0.15) is 0 Å². The number of nitrogens with two attached hydrogens (primary N) is 1. The van der Waals surface area contributed by atoms with Gasteiger partial charge in [-0.3, -0.25) is 4.79 Å². The molecule has 0 spiro atoms. The number of nitrogens with one attached hydrogen (secondary N) is 1. The van der Waals surface area contributed by atoms with Gasteiger partial charge in [0.1, 0.15) is 5.75 Å². The van der Waals surface area contributed by atoms with Gasteiger partial charge in [0.25, 0.3) is 0 Å². The molecule has 0 saturated carbocycles. The third kappa shape index (κ3) is 4.93. The van der Waals surface area contributed by atoms with Crippen molar-refractivity contribution in [3.63, 3.8) is 0 Å². The number of carbonyl (C=O) groups excluding carboxylic acids is 1. The Bertz CT molecular complexity index is 601. The molecule has 7 heteroatoms. The lowest BCUT2D eigenvalue weighted by Crippen LogP contribution is -2.34. The standard InChI is InChI=1S/C14H20N2O4S/c15-14(17)7-8-20-13-6-2-1-5-12(13)16-11-4-3-9-21(18,19)10-11/h1-2,5-6,11,16H,3-4,7-10H2,(H2,15,17). The fraction of sp³-hybridized carbons (Fsp3) is 0.500. The zero-order valence-corrected chi connectivity index (χ0v) is 12.6. The molecule has 21 heavy (non-hydrogen) atoms. The fourth-order valence-corrected chi connectivity index (χ4v) is 3.97. The number of hydrogen-bond donors (Lipinski definition) is 2. The lowest BCUT2D eigenvalue weighted by Gasteiger charge is -2.25. The molecule has 1 atom stereocenters. The molecule has 1 aromatic carbocycles. The first-order valence-electron chi connectivity index (χ1n) is 6.93. The topological polar surface area (TPSA) is 98.5 Å². The van der Waals surface area contributed by atoms with Crippen molar-refractivity contribution in [2.75, 3.05) is 23.4 Å². The van der Waals surface area contributed by atoms with Crippen molar-refractivity contribution in [3.05, 3.63) is 24.3 Å². The molecule has 0 aromatic heterocycles. The highest BCUT2D eigenvalue weighted by atomic mass is 32.2. The largest absolute Gasteiger partial charge is 0.491 e. The van der Waals surface area contributed by atoms with Gasteiger partial charge in [0.05, 0.1) is 30.2 Å². The van der Waals surface area contributed by atoms with Crippen LogP contribution in [0.1, 0.15) is 19.3 Å². The van der Waals surface area contributed by atoms with Crippen LogP contribution in [-0.4, -0.2) is 38.5 Å². The Hall–Kier alpha value is -1.76. The molecule has 2 rings (SSSR count). The Kier molecular flexibility index (Phi) is 5.06. The summed E-state index contributed by atoms with van der Waals surface area (Å²) in [5.41, 5.74) is 5.81. The second-order valence-corrected chi connectivity index (χ2v) is 7.39. The normalized spacial score (nSPS) is 20.7. The minimum absolute atomic E-state index is 0.107. The molecule has 1 saturated heterocycles. The molecule has 0 aliphatic carbocycles. The van der Waals surface area contributed by atoms with E-state index < -0.39 is 15.7 Å². The van der Waals surface area contributed by atoms with Gasteiger partial charge in [0, 0.05) is 6.04 Å². The van der Waals surface area contributed by atoms with E-state index in [0.717, 1.165) is 12.1 Å². The van der Waals surface area contributed by atoms with E-state index in [4.69, 9.17) is 10.5 Å². The first-order chi connectivity index (χ1) is 9.96. The van der Waals surface area contributed by atoms with Crippen molar-refractivity contribution in [2.24, 2.45) is 5.73 Å². The van der Waals surface area contributed by atoms with Crippen molar-refractivity contribution in [3.8, 4) is 5.75 Å². The molecule has 0 bridgehead atoms. The predicted octanol–water partition coefficient (Wildman–Crippen LogP) is 0.930. The summed E-state index contributed by atoms with van der Waals surface area (Å²) in [4.78, 5) is 10.7. The van der Waals surface area contributed by atoms with E-state index in [1.54, 1.807) is 6.07 Å². The minimum atomic E-state index is -2.96. The number of ether oxygens (including phenoxy) is 1. The summed E-state index contributed by atoms with van der Waals surface area (Å²) >= 11 is 0. The maximum Gasteiger partial charge on any atom is 0.220 e. The molecule has 1 amide bonds. The third-order valence-corrected chi connectivity index (χ3v) is 5.14. The van der Waals surface area contributed by atoms with E-state index in [0.29, 0.717) is 12.2 Å². The molecule has 116 valence electrons. The van der Waals surface area contributed by atoms with Gasteiger partial charge in [0.15, 0.2) is 9.84 Å². The molecule has 1 aliphatic heterocycles.